The highest BCUT2D eigenvalue weighted by molar-refractivity contribution is 8.02. The summed E-state index contributed by atoms with van der Waals surface area (Å²) in [4.78, 5) is 52.4. The van der Waals surface area contributed by atoms with Crippen LogP contribution in [0.4, 0.5) is 5.69 Å². The lowest BCUT2D eigenvalue weighted by molar-refractivity contribution is -0.145. The van der Waals surface area contributed by atoms with Crippen molar-refractivity contribution < 1.29 is 29.0 Å². The van der Waals surface area contributed by atoms with Crippen LogP contribution in [0.1, 0.15) is 19.4 Å². The van der Waals surface area contributed by atoms with Crippen molar-refractivity contribution in [3.05, 3.63) is 84.5 Å². The standard InChI is InChI=1S/C38H46N4O6S/c1-3-48-30-13-11-28(12-14-30)41-18-7-15-37(2)31(34(41)44)32-35(45)42(29(26-43)25-27-9-5-4-6-10-27)33-36(46)40(17-8-16-38(32,33)49-37)20-19-39-21-23-47-24-22-39/h4-16,29,31-33,43H,3,17-26H2,1-2H3/t29-,31+,32+,33?,37-,38+/m1/s1. The number of ether oxygens (including phenoxy) is 2. The van der Waals surface area contributed by atoms with E-state index in [1.54, 1.807) is 21.6 Å². The number of benzene rings is 2. The van der Waals surface area contributed by atoms with Gasteiger partial charge in [-0.05, 0) is 50.1 Å². The lowest BCUT2D eigenvalue weighted by Gasteiger charge is -2.40. The molecule has 7 rings (SSSR count). The lowest BCUT2D eigenvalue weighted by atomic mass is 9.74. The lowest BCUT2D eigenvalue weighted by Crippen LogP contribution is -2.58. The fourth-order valence-electron chi connectivity index (χ4n) is 8.45. The van der Waals surface area contributed by atoms with Gasteiger partial charge in [0.2, 0.25) is 17.7 Å². The van der Waals surface area contributed by atoms with Gasteiger partial charge in [-0.3, -0.25) is 19.3 Å². The van der Waals surface area contributed by atoms with Gasteiger partial charge in [-0.15, -0.1) is 11.8 Å². The summed E-state index contributed by atoms with van der Waals surface area (Å²) in [7, 11) is 0. The van der Waals surface area contributed by atoms with Crippen LogP contribution >= 0.6 is 11.8 Å². The molecule has 0 saturated carbocycles. The van der Waals surface area contributed by atoms with Crippen LogP contribution in [0.3, 0.4) is 0 Å². The number of aliphatic hydroxyl groups is 1. The van der Waals surface area contributed by atoms with Gasteiger partial charge in [0.05, 0.1) is 49.1 Å². The summed E-state index contributed by atoms with van der Waals surface area (Å²) in [6.07, 6.45) is 8.55. The SMILES string of the molecule is CCOc1ccc(N2CC=C[C@@]3(C)S[C@]45C=CCN(CCN6CCOCC6)C(=O)C4N([C@@H](CO)Cc4ccccc4)C(=O)[C@@H]5[C@H]3C2=O)cc1. The van der Waals surface area contributed by atoms with E-state index >= 15 is 4.79 Å². The van der Waals surface area contributed by atoms with Gasteiger partial charge in [0.25, 0.3) is 0 Å². The summed E-state index contributed by atoms with van der Waals surface area (Å²) in [5.74, 6) is -1.31. The van der Waals surface area contributed by atoms with Gasteiger partial charge in [0.15, 0.2) is 0 Å². The van der Waals surface area contributed by atoms with Gasteiger partial charge in [-0.2, -0.15) is 0 Å². The molecule has 260 valence electrons. The van der Waals surface area contributed by atoms with Crippen molar-refractivity contribution in [3.63, 3.8) is 0 Å². The summed E-state index contributed by atoms with van der Waals surface area (Å²) in [6.45, 7) is 9.20. The second-order valence-electron chi connectivity index (χ2n) is 13.7. The Morgan fingerprint density at radius 3 is 2.37 bits per heavy atom. The molecule has 3 saturated heterocycles. The summed E-state index contributed by atoms with van der Waals surface area (Å²) >= 11 is 1.57. The number of amides is 3. The first-order valence-corrected chi connectivity index (χ1v) is 18.3. The zero-order valence-corrected chi connectivity index (χ0v) is 29.1. The second kappa shape index (κ2) is 13.9. The molecule has 49 heavy (non-hydrogen) atoms. The molecule has 0 aromatic heterocycles. The van der Waals surface area contributed by atoms with E-state index < -0.39 is 33.4 Å². The number of morpholine rings is 1. The molecule has 5 aliphatic rings. The number of aliphatic hydroxyl groups excluding tert-OH is 1. The summed E-state index contributed by atoms with van der Waals surface area (Å²) in [5, 5.41) is 10.9. The first kappa shape index (κ1) is 33.8. The average Bonchev–Trinajstić information content (AvgIpc) is 3.39. The molecule has 5 heterocycles. The minimum absolute atomic E-state index is 0.132. The Kier molecular flexibility index (Phi) is 9.62. The predicted molar refractivity (Wildman–Crippen MR) is 189 cm³/mol. The van der Waals surface area contributed by atoms with Gasteiger partial charge in [0.1, 0.15) is 11.8 Å². The van der Waals surface area contributed by atoms with Crippen LogP contribution in [0.25, 0.3) is 0 Å². The molecule has 0 radical (unpaired) electrons. The van der Waals surface area contributed by atoms with E-state index in [2.05, 4.69) is 17.1 Å². The quantitative estimate of drug-likeness (QED) is 0.381. The summed E-state index contributed by atoms with van der Waals surface area (Å²) in [6, 6.07) is 15.7. The zero-order valence-electron chi connectivity index (χ0n) is 28.3. The molecule has 5 aliphatic heterocycles. The molecule has 1 N–H and O–H groups in total. The first-order chi connectivity index (χ1) is 23.8. The highest BCUT2D eigenvalue weighted by Crippen LogP contribution is 2.66. The molecular formula is C38H46N4O6S. The number of hydrogen-bond acceptors (Lipinski definition) is 8. The Morgan fingerprint density at radius 2 is 1.65 bits per heavy atom. The Hall–Kier alpha value is -3.64. The number of anilines is 1. The van der Waals surface area contributed by atoms with Crippen molar-refractivity contribution >= 4 is 35.2 Å². The van der Waals surface area contributed by atoms with E-state index in [-0.39, 0.29) is 24.3 Å². The third-order valence-corrected chi connectivity index (χ3v) is 12.5. The molecule has 1 unspecified atom stereocenters. The summed E-state index contributed by atoms with van der Waals surface area (Å²) < 4.78 is 9.44. The van der Waals surface area contributed by atoms with Gasteiger partial charge in [-0.1, -0.05) is 54.6 Å². The van der Waals surface area contributed by atoms with Crippen LogP contribution in [0.2, 0.25) is 0 Å². The number of carbonyl (C=O) groups excluding carboxylic acids is 3. The van der Waals surface area contributed by atoms with E-state index in [1.807, 2.05) is 85.5 Å². The molecule has 0 bridgehead atoms. The minimum atomic E-state index is -0.993. The molecule has 3 amide bonds. The van der Waals surface area contributed by atoms with Crippen LogP contribution in [0.15, 0.2) is 78.9 Å². The third-order valence-electron chi connectivity index (χ3n) is 10.7. The summed E-state index contributed by atoms with van der Waals surface area (Å²) in [5.41, 5.74) is 1.69. The fraction of sp³-hybridized carbons (Fsp3) is 0.500. The number of nitrogens with zero attached hydrogens (tertiary/aromatic N) is 4. The normalized spacial score (nSPS) is 30.6. The molecular weight excluding hydrogens is 641 g/mol. The van der Waals surface area contributed by atoms with Crippen molar-refractivity contribution in [2.24, 2.45) is 11.8 Å². The first-order valence-electron chi connectivity index (χ1n) is 17.5. The minimum Gasteiger partial charge on any atom is -0.494 e. The smallest absolute Gasteiger partial charge is 0.247 e. The van der Waals surface area contributed by atoms with Crippen LogP contribution in [-0.2, 0) is 25.5 Å². The number of carbonyl (C=O) groups is 3. The van der Waals surface area contributed by atoms with E-state index in [9.17, 15) is 14.7 Å². The van der Waals surface area contributed by atoms with Crippen LogP contribution in [-0.4, -0.2) is 125 Å². The highest BCUT2D eigenvalue weighted by atomic mass is 32.2. The molecule has 6 atom stereocenters. The maximum atomic E-state index is 15.1. The molecule has 11 heteroatoms. The molecule has 0 aliphatic carbocycles. The second-order valence-corrected chi connectivity index (χ2v) is 15.5. The Labute approximate surface area is 292 Å². The van der Waals surface area contributed by atoms with Crippen molar-refractivity contribution in [1.82, 2.24) is 14.7 Å². The average molecular weight is 687 g/mol. The van der Waals surface area contributed by atoms with Crippen molar-refractivity contribution in [2.75, 3.05) is 70.6 Å². The van der Waals surface area contributed by atoms with Crippen molar-refractivity contribution in [1.29, 1.82) is 0 Å². The number of thioether (sulfide) groups is 1. The Bertz CT molecular complexity index is 1600. The molecule has 2 aromatic carbocycles. The predicted octanol–water partition coefficient (Wildman–Crippen LogP) is 3.01. The highest BCUT2D eigenvalue weighted by Gasteiger charge is 2.74. The topological polar surface area (TPSA) is 103 Å². The van der Waals surface area contributed by atoms with Crippen LogP contribution in [0.5, 0.6) is 5.75 Å². The molecule has 2 aromatic rings. The van der Waals surface area contributed by atoms with Crippen LogP contribution in [0, 0.1) is 11.8 Å². The van der Waals surface area contributed by atoms with E-state index in [1.165, 1.54) is 0 Å². The van der Waals surface area contributed by atoms with E-state index in [0.29, 0.717) is 52.4 Å². The maximum Gasteiger partial charge on any atom is 0.247 e. The Morgan fingerprint density at radius 1 is 0.918 bits per heavy atom. The number of hydrogen-bond donors (Lipinski definition) is 1. The van der Waals surface area contributed by atoms with Crippen molar-refractivity contribution in [2.45, 2.75) is 41.8 Å². The fourth-order valence-corrected chi connectivity index (χ4v) is 10.6. The third kappa shape index (κ3) is 6.09. The number of rotatable bonds is 10. The van der Waals surface area contributed by atoms with Gasteiger partial charge < -0.3 is 29.3 Å². The van der Waals surface area contributed by atoms with Gasteiger partial charge in [0, 0.05) is 49.7 Å². The van der Waals surface area contributed by atoms with Gasteiger partial charge >= 0.3 is 0 Å². The Balaban J connectivity index is 1.27. The zero-order chi connectivity index (χ0) is 34.2. The number of likely N-dealkylation sites (tertiary alicyclic amines) is 1. The number of fused-ring (bicyclic) bond motifs is 2. The van der Waals surface area contributed by atoms with E-state index in [4.69, 9.17) is 9.47 Å². The monoisotopic (exact) mass is 686 g/mol. The molecule has 1 spiro atoms. The van der Waals surface area contributed by atoms with E-state index in [0.717, 1.165) is 30.1 Å². The molecule has 3 fully saturated rings. The van der Waals surface area contributed by atoms with Crippen LogP contribution < -0.4 is 9.64 Å². The van der Waals surface area contributed by atoms with Gasteiger partial charge in [-0.25, -0.2) is 0 Å². The largest absolute Gasteiger partial charge is 0.494 e. The molecule has 10 nitrogen and oxygen atoms in total. The van der Waals surface area contributed by atoms with Crippen molar-refractivity contribution in [3.8, 4) is 5.75 Å². The maximum absolute atomic E-state index is 15.1.